The lowest BCUT2D eigenvalue weighted by molar-refractivity contribution is 0.853. The first-order chi connectivity index (χ1) is 8.06. The van der Waals surface area contributed by atoms with E-state index < -0.39 is 0 Å². The molecule has 1 aromatic carbocycles. The first-order valence-corrected chi connectivity index (χ1v) is 7.90. The first kappa shape index (κ1) is 14.8. The number of thiocarbonyl (C=S) groups is 1. The maximum atomic E-state index is 5.73. The second-order valence-corrected chi connectivity index (χ2v) is 6.36. The van der Waals surface area contributed by atoms with Crippen LogP contribution in [0.15, 0.2) is 22.7 Å². The number of hydrogen-bond donors (Lipinski definition) is 2. The molecular weight excluding hydrogens is 316 g/mol. The van der Waals surface area contributed by atoms with Gasteiger partial charge in [-0.15, -0.1) is 0 Å². The van der Waals surface area contributed by atoms with Crippen LogP contribution < -0.4 is 11.1 Å². The van der Waals surface area contributed by atoms with Crippen LogP contribution >= 0.6 is 39.9 Å². The van der Waals surface area contributed by atoms with Crippen molar-refractivity contribution in [3.05, 3.63) is 28.2 Å². The van der Waals surface area contributed by atoms with Gasteiger partial charge in [0.25, 0.3) is 0 Å². The Bertz CT molecular complexity index is 396. The smallest absolute Gasteiger partial charge is 0.107 e. The van der Waals surface area contributed by atoms with E-state index in [1.165, 1.54) is 0 Å². The number of benzene rings is 1. The maximum Gasteiger partial charge on any atom is 0.107 e. The van der Waals surface area contributed by atoms with Crippen molar-refractivity contribution in [2.24, 2.45) is 5.73 Å². The standard InChI is InChI=1S/C12H17BrN2S2/c1-8(17-2)6-7-15-10-5-3-4-9(13)11(10)12(14)16/h3-5,8,15H,6-7H2,1-2H3,(H2,14,16). The average molecular weight is 333 g/mol. The number of nitrogens with two attached hydrogens (primary N) is 1. The van der Waals surface area contributed by atoms with Gasteiger partial charge in [0.1, 0.15) is 4.99 Å². The Balaban J connectivity index is 2.71. The van der Waals surface area contributed by atoms with E-state index in [4.69, 9.17) is 18.0 Å². The van der Waals surface area contributed by atoms with Gasteiger partial charge < -0.3 is 11.1 Å². The van der Waals surface area contributed by atoms with Gasteiger partial charge in [-0.2, -0.15) is 11.8 Å². The summed E-state index contributed by atoms with van der Waals surface area (Å²) in [5.74, 6) is 0. The molecule has 94 valence electrons. The van der Waals surface area contributed by atoms with E-state index in [0.717, 1.165) is 28.7 Å². The molecule has 0 spiro atoms. The van der Waals surface area contributed by atoms with Crippen molar-refractivity contribution in [2.75, 3.05) is 18.1 Å². The summed E-state index contributed by atoms with van der Waals surface area (Å²) < 4.78 is 0.938. The Morgan fingerprint density at radius 1 is 1.59 bits per heavy atom. The van der Waals surface area contributed by atoms with E-state index in [1.807, 2.05) is 30.0 Å². The lowest BCUT2D eigenvalue weighted by atomic mass is 10.1. The molecule has 0 heterocycles. The van der Waals surface area contributed by atoms with Gasteiger partial charge in [0.15, 0.2) is 0 Å². The zero-order chi connectivity index (χ0) is 12.8. The third-order valence-corrected chi connectivity index (χ3v) is 4.43. The van der Waals surface area contributed by atoms with Crippen molar-refractivity contribution in [3.8, 4) is 0 Å². The normalized spacial score (nSPS) is 12.2. The highest BCUT2D eigenvalue weighted by molar-refractivity contribution is 9.10. The zero-order valence-electron chi connectivity index (χ0n) is 10.00. The second-order valence-electron chi connectivity index (χ2n) is 3.79. The van der Waals surface area contributed by atoms with E-state index in [0.29, 0.717) is 10.2 Å². The Kier molecular flexibility index (Phi) is 6.30. The van der Waals surface area contributed by atoms with Crippen molar-refractivity contribution in [3.63, 3.8) is 0 Å². The quantitative estimate of drug-likeness (QED) is 0.780. The minimum atomic E-state index is 0.415. The van der Waals surface area contributed by atoms with Crippen LogP contribution in [0.1, 0.15) is 18.9 Å². The molecule has 0 radical (unpaired) electrons. The fourth-order valence-corrected chi connectivity index (χ4v) is 2.73. The minimum Gasteiger partial charge on any atom is -0.389 e. The second kappa shape index (κ2) is 7.24. The van der Waals surface area contributed by atoms with Crippen LogP contribution in [0.3, 0.4) is 0 Å². The van der Waals surface area contributed by atoms with E-state index in [2.05, 4.69) is 34.4 Å². The Labute approximate surface area is 121 Å². The lowest BCUT2D eigenvalue weighted by Gasteiger charge is -2.14. The van der Waals surface area contributed by atoms with Gasteiger partial charge in [0, 0.05) is 27.5 Å². The van der Waals surface area contributed by atoms with Crippen LogP contribution in [0.25, 0.3) is 0 Å². The summed E-state index contributed by atoms with van der Waals surface area (Å²) >= 11 is 10.4. The largest absolute Gasteiger partial charge is 0.389 e. The van der Waals surface area contributed by atoms with Crippen LogP contribution in [0.5, 0.6) is 0 Å². The van der Waals surface area contributed by atoms with E-state index in [9.17, 15) is 0 Å². The van der Waals surface area contributed by atoms with E-state index in [-0.39, 0.29) is 0 Å². The van der Waals surface area contributed by atoms with Crippen LogP contribution in [-0.4, -0.2) is 23.0 Å². The summed E-state index contributed by atoms with van der Waals surface area (Å²) in [6.45, 7) is 3.15. The molecule has 1 atom stereocenters. The van der Waals surface area contributed by atoms with E-state index in [1.54, 1.807) is 0 Å². The average Bonchev–Trinajstić information content (AvgIpc) is 2.28. The highest BCUT2D eigenvalue weighted by Gasteiger charge is 2.09. The molecule has 0 amide bonds. The van der Waals surface area contributed by atoms with Crippen LogP contribution in [-0.2, 0) is 0 Å². The number of rotatable bonds is 6. The predicted molar refractivity (Wildman–Crippen MR) is 86.1 cm³/mol. The van der Waals surface area contributed by atoms with Gasteiger partial charge in [-0.25, -0.2) is 0 Å². The molecule has 2 nitrogen and oxygen atoms in total. The van der Waals surface area contributed by atoms with Gasteiger partial charge >= 0.3 is 0 Å². The molecule has 0 fully saturated rings. The molecule has 0 saturated carbocycles. The summed E-state index contributed by atoms with van der Waals surface area (Å²) in [5.41, 5.74) is 7.62. The number of thioether (sulfide) groups is 1. The first-order valence-electron chi connectivity index (χ1n) is 5.41. The highest BCUT2D eigenvalue weighted by Crippen LogP contribution is 2.25. The molecule has 0 aliphatic rings. The lowest BCUT2D eigenvalue weighted by Crippen LogP contribution is -2.15. The molecule has 0 aliphatic carbocycles. The zero-order valence-corrected chi connectivity index (χ0v) is 13.2. The number of nitrogens with one attached hydrogen (secondary N) is 1. The monoisotopic (exact) mass is 332 g/mol. The van der Waals surface area contributed by atoms with Crippen LogP contribution in [0, 0.1) is 0 Å². The summed E-state index contributed by atoms with van der Waals surface area (Å²) in [4.78, 5) is 0.415. The molecular formula is C12H17BrN2S2. The number of anilines is 1. The number of halogens is 1. The molecule has 17 heavy (non-hydrogen) atoms. The summed E-state index contributed by atoms with van der Waals surface area (Å²) in [5, 5.41) is 4.05. The van der Waals surface area contributed by atoms with Crippen molar-refractivity contribution in [2.45, 2.75) is 18.6 Å². The molecule has 0 aromatic heterocycles. The summed E-state index contributed by atoms with van der Waals surface area (Å²) in [7, 11) is 0. The van der Waals surface area contributed by atoms with Crippen molar-refractivity contribution in [1.29, 1.82) is 0 Å². The van der Waals surface area contributed by atoms with Gasteiger partial charge in [-0.3, -0.25) is 0 Å². The fraction of sp³-hybridized carbons (Fsp3) is 0.417. The predicted octanol–water partition coefficient (Wildman–Crippen LogP) is 3.64. The van der Waals surface area contributed by atoms with E-state index >= 15 is 0 Å². The molecule has 1 rings (SSSR count). The molecule has 5 heteroatoms. The van der Waals surface area contributed by atoms with Gasteiger partial charge in [-0.1, -0.05) is 25.2 Å². The fourth-order valence-electron chi connectivity index (χ4n) is 1.45. The topological polar surface area (TPSA) is 38.0 Å². The van der Waals surface area contributed by atoms with Crippen molar-refractivity contribution in [1.82, 2.24) is 0 Å². The van der Waals surface area contributed by atoms with Gasteiger partial charge in [-0.05, 0) is 40.7 Å². The Hall–Kier alpha value is -0.260. The van der Waals surface area contributed by atoms with Crippen molar-refractivity contribution >= 4 is 50.6 Å². The summed E-state index contributed by atoms with van der Waals surface area (Å²) in [6.07, 6.45) is 3.24. The third-order valence-electron chi connectivity index (χ3n) is 2.53. The molecule has 0 aliphatic heterocycles. The summed E-state index contributed by atoms with van der Waals surface area (Å²) in [6, 6.07) is 5.93. The van der Waals surface area contributed by atoms with Crippen LogP contribution in [0.2, 0.25) is 0 Å². The molecule has 1 unspecified atom stereocenters. The van der Waals surface area contributed by atoms with Gasteiger partial charge in [0.2, 0.25) is 0 Å². The highest BCUT2D eigenvalue weighted by atomic mass is 79.9. The minimum absolute atomic E-state index is 0.415. The SMILES string of the molecule is CSC(C)CCNc1cccc(Br)c1C(N)=S. The Morgan fingerprint density at radius 3 is 2.88 bits per heavy atom. The molecule has 0 bridgehead atoms. The van der Waals surface area contributed by atoms with Gasteiger partial charge in [0.05, 0.1) is 0 Å². The molecule has 0 saturated heterocycles. The van der Waals surface area contributed by atoms with Crippen molar-refractivity contribution < 1.29 is 0 Å². The van der Waals surface area contributed by atoms with Crippen LogP contribution in [0.4, 0.5) is 5.69 Å². The molecule has 3 N–H and O–H groups in total. The molecule has 1 aromatic rings. The maximum absolute atomic E-state index is 5.73. The Morgan fingerprint density at radius 2 is 2.29 bits per heavy atom. The number of hydrogen-bond acceptors (Lipinski definition) is 3. The third kappa shape index (κ3) is 4.48.